The summed E-state index contributed by atoms with van der Waals surface area (Å²) in [5.74, 6) is 2.66. The molecule has 0 unspecified atom stereocenters. The maximum atomic E-state index is 5.17. The van der Waals surface area contributed by atoms with Crippen molar-refractivity contribution in [3.05, 3.63) is 42.0 Å². The number of ether oxygens (including phenoxy) is 1. The maximum Gasteiger partial charge on any atom is 0.194 e. The van der Waals surface area contributed by atoms with Crippen LogP contribution in [0.25, 0.3) is 0 Å². The van der Waals surface area contributed by atoms with Crippen molar-refractivity contribution in [2.75, 3.05) is 51.3 Å². The molecule has 0 radical (unpaired) electrons. The van der Waals surface area contributed by atoms with Crippen LogP contribution in [-0.2, 0) is 18.3 Å². The van der Waals surface area contributed by atoms with Gasteiger partial charge in [-0.05, 0) is 19.1 Å². The molecule has 8 nitrogen and oxygen atoms in total. The van der Waals surface area contributed by atoms with Crippen LogP contribution in [-0.4, -0.2) is 72.1 Å². The predicted molar refractivity (Wildman–Crippen MR) is 122 cm³/mol. The Bertz CT molecular complexity index is 742. The van der Waals surface area contributed by atoms with Crippen molar-refractivity contribution in [3.63, 3.8) is 0 Å². The first-order chi connectivity index (χ1) is 13.2. The Morgan fingerprint density at radius 2 is 1.86 bits per heavy atom. The highest BCUT2D eigenvalue weighted by Gasteiger charge is 2.20. The molecule has 0 bridgehead atoms. The summed E-state index contributed by atoms with van der Waals surface area (Å²) in [5, 5.41) is 11.7. The van der Waals surface area contributed by atoms with Crippen molar-refractivity contribution in [2.45, 2.75) is 13.5 Å². The van der Waals surface area contributed by atoms with Crippen molar-refractivity contribution in [2.24, 2.45) is 12.0 Å². The minimum atomic E-state index is 0. The van der Waals surface area contributed by atoms with Crippen molar-refractivity contribution in [1.82, 2.24) is 25.0 Å². The highest BCUT2D eigenvalue weighted by atomic mass is 127. The van der Waals surface area contributed by atoms with Gasteiger partial charge in [0.05, 0.1) is 6.61 Å². The summed E-state index contributed by atoms with van der Waals surface area (Å²) in [6.45, 7) is 7.61. The Hall–Kier alpha value is -1.88. The minimum absolute atomic E-state index is 0. The highest BCUT2D eigenvalue weighted by Crippen LogP contribution is 2.15. The number of benzene rings is 1. The summed E-state index contributed by atoms with van der Waals surface area (Å²) in [4.78, 5) is 9.51. The average molecular weight is 499 g/mol. The monoisotopic (exact) mass is 499 g/mol. The van der Waals surface area contributed by atoms with Gasteiger partial charge in [0.1, 0.15) is 12.4 Å². The largest absolute Gasteiger partial charge is 0.383 e. The number of aliphatic imine (C=N–C) groups is 1. The Kier molecular flexibility index (Phi) is 8.97. The van der Waals surface area contributed by atoms with E-state index in [1.807, 2.05) is 18.5 Å². The van der Waals surface area contributed by atoms with Crippen LogP contribution in [0, 0.1) is 6.92 Å². The molecule has 3 rings (SSSR count). The third-order valence-electron chi connectivity index (χ3n) is 4.84. The molecule has 1 aromatic carbocycles. The number of halogens is 1. The molecule has 154 valence electrons. The molecule has 0 saturated carbocycles. The molecule has 1 aliphatic heterocycles. The standard InChI is InChI=1S/C19H29N7O.HI/c1-16-22-23-18(24(16)2)15-21-19(20-9-14-27-3)26-12-10-25(11-13-26)17-7-5-4-6-8-17;/h4-8H,9-15H2,1-3H3,(H,20,21);1H. The summed E-state index contributed by atoms with van der Waals surface area (Å²) < 4.78 is 7.14. The average Bonchev–Trinajstić information content (AvgIpc) is 3.03. The maximum absolute atomic E-state index is 5.17. The van der Waals surface area contributed by atoms with Crippen LogP contribution in [0.15, 0.2) is 35.3 Å². The number of guanidine groups is 1. The van der Waals surface area contributed by atoms with Crippen LogP contribution in [0.4, 0.5) is 5.69 Å². The topological polar surface area (TPSA) is 70.8 Å². The molecule has 1 fully saturated rings. The summed E-state index contributed by atoms with van der Waals surface area (Å²) in [5.41, 5.74) is 1.28. The lowest BCUT2D eigenvalue weighted by molar-refractivity contribution is 0.202. The number of rotatable bonds is 6. The highest BCUT2D eigenvalue weighted by molar-refractivity contribution is 14.0. The van der Waals surface area contributed by atoms with E-state index in [2.05, 4.69) is 55.6 Å². The van der Waals surface area contributed by atoms with Crippen LogP contribution >= 0.6 is 24.0 Å². The summed E-state index contributed by atoms with van der Waals surface area (Å²) in [7, 11) is 3.68. The molecule has 0 aliphatic carbocycles. The van der Waals surface area contributed by atoms with E-state index in [4.69, 9.17) is 9.73 Å². The van der Waals surface area contributed by atoms with E-state index in [0.29, 0.717) is 13.2 Å². The zero-order valence-corrected chi connectivity index (χ0v) is 19.2. The third kappa shape index (κ3) is 5.81. The lowest BCUT2D eigenvalue weighted by Gasteiger charge is -2.37. The molecular weight excluding hydrogens is 469 g/mol. The van der Waals surface area contributed by atoms with E-state index in [0.717, 1.165) is 50.3 Å². The summed E-state index contributed by atoms with van der Waals surface area (Å²) >= 11 is 0. The Morgan fingerprint density at radius 3 is 2.46 bits per heavy atom. The van der Waals surface area contributed by atoms with E-state index >= 15 is 0 Å². The van der Waals surface area contributed by atoms with Gasteiger partial charge < -0.3 is 24.4 Å². The van der Waals surface area contributed by atoms with Crippen LogP contribution in [0.1, 0.15) is 11.6 Å². The summed E-state index contributed by atoms with van der Waals surface area (Å²) in [6, 6.07) is 10.6. The molecule has 9 heteroatoms. The Labute approximate surface area is 184 Å². The van der Waals surface area contributed by atoms with Gasteiger partial charge in [0.2, 0.25) is 0 Å². The summed E-state index contributed by atoms with van der Waals surface area (Å²) in [6.07, 6.45) is 0. The molecule has 2 heterocycles. The Morgan fingerprint density at radius 1 is 1.14 bits per heavy atom. The molecule has 2 aromatic rings. The van der Waals surface area contributed by atoms with Gasteiger partial charge in [-0.1, -0.05) is 18.2 Å². The number of aromatic nitrogens is 3. The number of nitrogens with one attached hydrogen (secondary N) is 1. The quantitative estimate of drug-likeness (QED) is 0.282. The van der Waals surface area contributed by atoms with Crippen molar-refractivity contribution < 1.29 is 4.74 Å². The number of anilines is 1. The van der Waals surface area contributed by atoms with Gasteiger partial charge in [-0.15, -0.1) is 34.2 Å². The first-order valence-corrected chi connectivity index (χ1v) is 9.36. The van der Waals surface area contributed by atoms with Crippen LogP contribution in [0.2, 0.25) is 0 Å². The van der Waals surface area contributed by atoms with E-state index in [-0.39, 0.29) is 24.0 Å². The SMILES string of the molecule is COCCNC(=NCc1nnc(C)n1C)N1CCN(c2ccccc2)CC1.I. The first kappa shape index (κ1) is 22.4. The van der Waals surface area contributed by atoms with Gasteiger partial charge in [0.15, 0.2) is 11.8 Å². The molecule has 28 heavy (non-hydrogen) atoms. The second-order valence-electron chi connectivity index (χ2n) is 6.59. The van der Waals surface area contributed by atoms with E-state index in [9.17, 15) is 0 Å². The fourth-order valence-electron chi connectivity index (χ4n) is 3.08. The minimum Gasteiger partial charge on any atom is -0.383 e. The molecule has 0 amide bonds. The van der Waals surface area contributed by atoms with E-state index < -0.39 is 0 Å². The van der Waals surface area contributed by atoms with Crippen LogP contribution in [0.5, 0.6) is 0 Å². The fraction of sp³-hybridized carbons (Fsp3) is 0.526. The molecule has 1 N–H and O–H groups in total. The molecule has 1 saturated heterocycles. The lowest BCUT2D eigenvalue weighted by atomic mass is 10.2. The second kappa shape index (κ2) is 11.2. The van der Waals surface area contributed by atoms with Crippen molar-refractivity contribution >= 4 is 35.6 Å². The molecule has 0 spiro atoms. The smallest absolute Gasteiger partial charge is 0.194 e. The number of para-hydroxylation sites is 1. The lowest BCUT2D eigenvalue weighted by Crippen LogP contribution is -2.53. The number of hydrogen-bond acceptors (Lipinski definition) is 5. The second-order valence-corrected chi connectivity index (χ2v) is 6.59. The number of nitrogens with zero attached hydrogens (tertiary/aromatic N) is 6. The van der Waals surface area contributed by atoms with Gasteiger partial charge in [0.25, 0.3) is 0 Å². The zero-order valence-electron chi connectivity index (χ0n) is 16.8. The normalized spacial score (nSPS) is 14.8. The number of piperazine rings is 1. The van der Waals surface area contributed by atoms with Gasteiger partial charge in [-0.3, -0.25) is 0 Å². The van der Waals surface area contributed by atoms with Gasteiger partial charge in [-0.25, -0.2) is 4.99 Å². The van der Waals surface area contributed by atoms with Crippen molar-refractivity contribution in [1.29, 1.82) is 0 Å². The van der Waals surface area contributed by atoms with Gasteiger partial charge >= 0.3 is 0 Å². The molecule has 0 atom stereocenters. The Balaban J connectivity index is 0.00000280. The van der Waals surface area contributed by atoms with E-state index in [1.165, 1.54) is 5.69 Å². The number of aryl methyl sites for hydroxylation is 1. The van der Waals surface area contributed by atoms with E-state index in [1.54, 1.807) is 7.11 Å². The van der Waals surface area contributed by atoms with Gasteiger partial charge in [-0.2, -0.15) is 0 Å². The predicted octanol–water partition coefficient (Wildman–Crippen LogP) is 1.66. The number of methoxy groups -OCH3 is 1. The fourth-order valence-corrected chi connectivity index (χ4v) is 3.08. The number of hydrogen-bond donors (Lipinski definition) is 1. The first-order valence-electron chi connectivity index (χ1n) is 9.36. The zero-order chi connectivity index (χ0) is 19.1. The molecular formula is C19H30IN7O. The van der Waals surface area contributed by atoms with Crippen LogP contribution < -0.4 is 10.2 Å². The van der Waals surface area contributed by atoms with Crippen molar-refractivity contribution in [3.8, 4) is 0 Å². The molecule has 1 aromatic heterocycles. The van der Waals surface area contributed by atoms with Gasteiger partial charge in [0, 0.05) is 52.6 Å². The molecule has 1 aliphatic rings. The third-order valence-corrected chi connectivity index (χ3v) is 4.84. The van der Waals surface area contributed by atoms with Crippen LogP contribution in [0.3, 0.4) is 0 Å².